The van der Waals surface area contributed by atoms with Gasteiger partial charge in [0, 0.05) is 0 Å². The van der Waals surface area contributed by atoms with Crippen LogP contribution in [0.25, 0.3) is 6.08 Å². The van der Waals surface area contributed by atoms with Crippen LogP contribution < -0.4 is 8.92 Å². The Balaban J connectivity index is 1.87. The van der Waals surface area contributed by atoms with Gasteiger partial charge in [-0.1, -0.05) is 23.8 Å². The first-order chi connectivity index (χ1) is 15.6. The van der Waals surface area contributed by atoms with E-state index in [0.717, 1.165) is 10.5 Å². The lowest BCUT2D eigenvalue weighted by atomic mass is 10.2. The normalized spacial score (nSPS) is 15.1. The standard InChI is InChI=1S/C22H21NO8S2/c1-4-30-20(24)13-23-21(25)19(32-22(23)26)12-15-7-10-17(29-3)18(11-15)31-33(27,28)16-8-5-14(2)6-9-16/h5-12H,4,13H2,1-3H3/b19-12-. The van der Waals surface area contributed by atoms with E-state index < -0.39 is 33.8 Å². The molecule has 2 aromatic rings. The van der Waals surface area contributed by atoms with Crippen molar-refractivity contribution in [2.45, 2.75) is 18.7 Å². The van der Waals surface area contributed by atoms with Gasteiger partial charge in [0.25, 0.3) is 11.1 Å². The number of carbonyl (C=O) groups excluding carboxylic acids is 3. The Labute approximate surface area is 195 Å². The molecule has 0 N–H and O–H groups in total. The summed E-state index contributed by atoms with van der Waals surface area (Å²) in [5.41, 5.74) is 1.29. The van der Waals surface area contributed by atoms with E-state index in [1.807, 2.05) is 6.92 Å². The number of imide groups is 1. The van der Waals surface area contributed by atoms with Crippen molar-refractivity contribution in [3.63, 3.8) is 0 Å². The van der Waals surface area contributed by atoms with Crippen LogP contribution >= 0.6 is 11.8 Å². The van der Waals surface area contributed by atoms with Crippen LogP contribution in [0.2, 0.25) is 0 Å². The van der Waals surface area contributed by atoms with E-state index in [0.29, 0.717) is 17.3 Å². The zero-order valence-electron chi connectivity index (χ0n) is 18.1. The van der Waals surface area contributed by atoms with Gasteiger partial charge in [-0.3, -0.25) is 19.3 Å². The predicted octanol–water partition coefficient (Wildman–Crippen LogP) is 3.37. The minimum Gasteiger partial charge on any atom is -0.493 e. The molecule has 0 spiro atoms. The topological polar surface area (TPSA) is 116 Å². The molecule has 11 heteroatoms. The van der Waals surface area contributed by atoms with Crippen LogP contribution in [0, 0.1) is 6.92 Å². The molecule has 0 atom stereocenters. The van der Waals surface area contributed by atoms with Crippen LogP contribution in [0.1, 0.15) is 18.1 Å². The molecule has 3 rings (SSSR count). The second-order valence-corrected chi connectivity index (χ2v) is 9.37. The number of benzene rings is 2. The third-order valence-electron chi connectivity index (χ3n) is 4.46. The monoisotopic (exact) mass is 491 g/mol. The Morgan fingerprint density at radius 1 is 1.09 bits per heavy atom. The molecule has 0 unspecified atom stereocenters. The summed E-state index contributed by atoms with van der Waals surface area (Å²) in [6, 6.07) is 10.6. The number of thioether (sulfide) groups is 1. The van der Waals surface area contributed by atoms with Crippen molar-refractivity contribution >= 4 is 45.1 Å². The van der Waals surface area contributed by atoms with Crippen LogP contribution in [0.15, 0.2) is 52.3 Å². The fourth-order valence-electron chi connectivity index (χ4n) is 2.84. The molecule has 1 aliphatic rings. The Kier molecular flexibility index (Phi) is 7.44. The van der Waals surface area contributed by atoms with Gasteiger partial charge in [-0.2, -0.15) is 8.42 Å². The van der Waals surface area contributed by atoms with E-state index in [1.54, 1.807) is 25.1 Å². The van der Waals surface area contributed by atoms with Crippen LogP contribution in [-0.4, -0.2) is 50.7 Å². The van der Waals surface area contributed by atoms with E-state index >= 15 is 0 Å². The average molecular weight is 492 g/mol. The molecule has 174 valence electrons. The maximum atomic E-state index is 12.7. The number of hydrogen-bond donors (Lipinski definition) is 0. The number of nitrogens with zero attached hydrogens (tertiary/aromatic N) is 1. The number of aryl methyl sites for hydroxylation is 1. The van der Waals surface area contributed by atoms with Gasteiger partial charge in [0.05, 0.1) is 18.6 Å². The van der Waals surface area contributed by atoms with Gasteiger partial charge in [-0.05, 0) is 61.5 Å². The molecular weight excluding hydrogens is 470 g/mol. The summed E-state index contributed by atoms with van der Waals surface area (Å²) >= 11 is 0.664. The van der Waals surface area contributed by atoms with E-state index in [9.17, 15) is 22.8 Å². The van der Waals surface area contributed by atoms with Crippen molar-refractivity contribution < 1.29 is 36.5 Å². The van der Waals surface area contributed by atoms with Crippen molar-refractivity contribution in [2.24, 2.45) is 0 Å². The third-order valence-corrected chi connectivity index (χ3v) is 6.62. The Morgan fingerprint density at radius 3 is 2.42 bits per heavy atom. The number of amides is 2. The molecule has 9 nitrogen and oxygen atoms in total. The van der Waals surface area contributed by atoms with Crippen molar-refractivity contribution in [2.75, 3.05) is 20.3 Å². The molecule has 1 saturated heterocycles. The summed E-state index contributed by atoms with van der Waals surface area (Å²) in [7, 11) is -2.78. The van der Waals surface area contributed by atoms with Gasteiger partial charge in [0.2, 0.25) is 0 Å². The van der Waals surface area contributed by atoms with Gasteiger partial charge >= 0.3 is 16.1 Å². The molecule has 1 fully saturated rings. The fraction of sp³-hybridized carbons (Fsp3) is 0.227. The zero-order valence-corrected chi connectivity index (χ0v) is 19.7. The number of esters is 1. The molecule has 2 amide bonds. The van der Waals surface area contributed by atoms with Crippen molar-refractivity contribution in [1.29, 1.82) is 0 Å². The van der Waals surface area contributed by atoms with Crippen LogP contribution in [0.3, 0.4) is 0 Å². The summed E-state index contributed by atoms with van der Waals surface area (Å²) in [4.78, 5) is 37.2. The summed E-state index contributed by atoms with van der Waals surface area (Å²) in [6.07, 6.45) is 1.40. The molecule has 0 radical (unpaired) electrons. The van der Waals surface area contributed by atoms with E-state index in [4.69, 9.17) is 13.7 Å². The maximum absolute atomic E-state index is 12.7. The molecule has 0 saturated carbocycles. The number of ether oxygens (including phenoxy) is 2. The molecule has 2 aromatic carbocycles. The van der Waals surface area contributed by atoms with E-state index in [-0.39, 0.29) is 27.9 Å². The van der Waals surface area contributed by atoms with Crippen LogP contribution in [0.5, 0.6) is 11.5 Å². The highest BCUT2D eigenvalue weighted by Crippen LogP contribution is 2.35. The van der Waals surface area contributed by atoms with Gasteiger partial charge in [-0.15, -0.1) is 0 Å². The predicted molar refractivity (Wildman–Crippen MR) is 121 cm³/mol. The minimum absolute atomic E-state index is 0.0272. The first kappa shape index (κ1) is 24.3. The Hall–Kier alpha value is -3.31. The first-order valence-electron chi connectivity index (χ1n) is 9.74. The number of carbonyl (C=O) groups is 3. The first-order valence-corrected chi connectivity index (χ1v) is 12.0. The van der Waals surface area contributed by atoms with Crippen molar-refractivity contribution in [3.05, 3.63) is 58.5 Å². The largest absolute Gasteiger partial charge is 0.493 e. The zero-order chi connectivity index (χ0) is 24.2. The second-order valence-electron chi connectivity index (χ2n) is 6.83. The van der Waals surface area contributed by atoms with Crippen molar-refractivity contribution in [1.82, 2.24) is 4.90 Å². The smallest absolute Gasteiger partial charge is 0.339 e. The lowest BCUT2D eigenvalue weighted by Gasteiger charge is -2.12. The van der Waals surface area contributed by atoms with Crippen LogP contribution in [0.4, 0.5) is 4.79 Å². The third kappa shape index (κ3) is 5.74. The summed E-state index contributed by atoms with van der Waals surface area (Å²) in [5, 5.41) is -0.605. The van der Waals surface area contributed by atoms with E-state index in [1.165, 1.54) is 37.5 Å². The summed E-state index contributed by atoms with van der Waals surface area (Å²) < 4.78 is 40.6. The summed E-state index contributed by atoms with van der Waals surface area (Å²) in [5.74, 6) is -1.26. The highest BCUT2D eigenvalue weighted by Gasteiger charge is 2.36. The van der Waals surface area contributed by atoms with Crippen molar-refractivity contribution in [3.8, 4) is 11.5 Å². The highest BCUT2D eigenvalue weighted by molar-refractivity contribution is 8.18. The molecule has 1 aliphatic heterocycles. The SMILES string of the molecule is CCOC(=O)CN1C(=O)S/C(=C\c2ccc(OC)c(OS(=O)(=O)c3ccc(C)cc3)c2)C1=O. The number of methoxy groups -OCH3 is 1. The molecule has 0 bridgehead atoms. The Bertz CT molecular complexity index is 1220. The van der Waals surface area contributed by atoms with Gasteiger partial charge in [0.1, 0.15) is 11.4 Å². The molecule has 0 aromatic heterocycles. The summed E-state index contributed by atoms with van der Waals surface area (Å²) in [6.45, 7) is 3.10. The Morgan fingerprint density at radius 2 is 1.79 bits per heavy atom. The van der Waals surface area contributed by atoms with Gasteiger partial charge < -0.3 is 13.7 Å². The van der Waals surface area contributed by atoms with Gasteiger partial charge in [0.15, 0.2) is 11.5 Å². The lowest BCUT2D eigenvalue weighted by Crippen LogP contribution is -2.34. The van der Waals surface area contributed by atoms with Crippen LogP contribution in [-0.2, 0) is 24.4 Å². The number of hydrogen-bond acceptors (Lipinski definition) is 9. The lowest BCUT2D eigenvalue weighted by molar-refractivity contribution is -0.145. The second kappa shape index (κ2) is 10.1. The molecule has 33 heavy (non-hydrogen) atoms. The molecular formula is C22H21NO8S2. The molecule has 1 heterocycles. The highest BCUT2D eigenvalue weighted by atomic mass is 32.2. The quantitative estimate of drug-likeness (QED) is 0.311. The maximum Gasteiger partial charge on any atom is 0.339 e. The average Bonchev–Trinajstić information content (AvgIpc) is 3.01. The van der Waals surface area contributed by atoms with E-state index in [2.05, 4.69) is 0 Å². The van der Waals surface area contributed by atoms with Gasteiger partial charge in [-0.25, -0.2) is 0 Å². The minimum atomic E-state index is -4.14. The number of rotatable bonds is 8. The fourth-order valence-corrected chi connectivity index (χ4v) is 4.61. The molecule has 0 aliphatic carbocycles.